The summed E-state index contributed by atoms with van der Waals surface area (Å²) in [6.45, 7) is 1.23. The van der Waals surface area contributed by atoms with Crippen LogP contribution in [0.2, 0.25) is 0 Å². The number of para-hydroxylation sites is 1. The summed E-state index contributed by atoms with van der Waals surface area (Å²) >= 11 is 0. The van der Waals surface area contributed by atoms with Gasteiger partial charge < -0.3 is 15.6 Å². The molecule has 108 valence electrons. The van der Waals surface area contributed by atoms with Crippen LogP contribution in [0.5, 0.6) is 0 Å². The van der Waals surface area contributed by atoms with Crippen LogP contribution in [0.4, 0.5) is 5.69 Å². The summed E-state index contributed by atoms with van der Waals surface area (Å²) in [5, 5.41) is 0. The molecule has 0 aliphatic carbocycles. The van der Waals surface area contributed by atoms with Gasteiger partial charge in [0.2, 0.25) is 5.56 Å². The summed E-state index contributed by atoms with van der Waals surface area (Å²) in [4.78, 5) is 28.1. The minimum Gasteiger partial charge on any atom is -0.330 e. The number of H-pyrrole nitrogens is 1. The third-order valence-electron chi connectivity index (χ3n) is 3.86. The highest BCUT2D eigenvalue weighted by Gasteiger charge is 2.31. The van der Waals surface area contributed by atoms with Crippen molar-refractivity contribution in [2.75, 3.05) is 18.0 Å². The molecular formula is C16H17N3O2. The van der Waals surface area contributed by atoms with E-state index in [1.165, 1.54) is 17.8 Å². The summed E-state index contributed by atoms with van der Waals surface area (Å²) in [5.74, 6) is 0.177. The number of amides is 1. The van der Waals surface area contributed by atoms with Crippen molar-refractivity contribution in [3.8, 4) is 0 Å². The maximum absolute atomic E-state index is 12.6. The first-order chi connectivity index (χ1) is 10.2. The van der Waals surface area contributed by atoms with Gasteiger partial charge >= 0.3 is 0 Å². The zero-order valence-corrected chi connectivity index (χ0v) is 11.6. The molecule has 0 fully saturated rings. The number of fused-ring (bicyclic) bond motifs is 1. The van der Waals surface area contributed by atoms with Crippen LogP contribution in [-0.2, 0) is 0 Å². The van der Waals surface area contributed by atoms with E-state index in [1.54, 1.807) is 11.0 Å². The number of carbonyl (C=O) groups excluding carboxylic acids is 1. The maximum atomic E-state index is 12.6. The van der Waals surface area contributed by atoms with Gasteiger partial charge in [0.05, 0.1) is 5.56 Å². The van der Waals surface area contributed by atoms with Gasteiger partial charge in [0.15, 0.2) is 0 Å². The van der Waals surface area contributed by atoms with Crippen LogP contribution >= 0.6 is 0 Å². The lowest BCUT2D eigenvalue weighted by Gasteiger charge is -2.17. The van der Waals surface area contributed by atoms with Crippen LogP contribution in [0.3, 0.4) is 0 Å². The molecule has 0 saturated carbocycles. The Balaban J connectivity index is 1.94. The van der Waals surface area contributed by atoms with Gasteiger partial charge in [-0.25, -0.2) is 0 Å². The molecule has 2 aromatic rings. The number of nitrogens with two attached hydrogens (primary N) is 1. The van der Waals surface area contributed by atoms with Crippen molar-refractivity contribution in [3.05, 3.63) is 64.1 Å². The molecule has 3 rings (SSSR count). The predicted octanol–water partition coefficient (Wildman–Crippen LogP) is 1.47. The molecule has 21 heavy (non-hydrogen) atoms. The molecular weight excluding hydrogens is 266 g/mol. The highest BCUT2D eigenvalue weighted by molar-refractivity contribution is 6.07. The first-order valence-corrected chi connectivity index (χ1v) is 7.00. The summed E-state index contributed by atoms with van der Waals surface area (Å²) in [6, 6.07) is 10.8. The van der Waals surface area contributed by atoms with Crippen molar-refractivity contribution in [1.82, 2.24) is 4.98 Å². The van der Waals surface area contributed by atoms with E-state index in [0.29, 0.717) is 18.7 Å². The molecule has 0 saturated heterocycles. The van der Waals surface area contributed by atoms with Crippen LogP contribution in [0.1, 0.15) is 28.3 Å². The zero-order chi connectivity index (χ0) is 14.8. The molecule has 1 aromatic carbocycles. The molecule has 1 aliphatic rings. The van der Waals surface area contributed by atoms with Crippen molar-refractivity contribution in [2.24, 2.45) is 5.73 Å². The SMILES string of the molecule is NCCC1CN(C(=O)c2ccc(=O)[nH]c2)c2ccccc21. The molecule has 2 heterocycles. The number of aromatic nitrogens is 1. The Morgan fingerprint density at radius 2 is 2.10 bits per heavy atom. The van der Waals surface area contributed by atoms with Crippen LogP contribution < -0.4 is 16.2 Å². The second-order valence-electron chi connectivity index (χ2n) is 5.19. The van der Waals surface area contributed by atoms with Gasteiger partial charge in [-0.2, -0.15) is 0 Å². The van der Waals surface area contributed by atoms with E-state index in [9.17, 15) is 9.59 Å². The second-order valence-corrected chi connectivity index (χ2v) is 5.19. The van der Waals surface area contributed by atoms with Gasteiger partial charge in [0, 0.05) is 30.4 Å². The van der Waals surface area contributed by atoms with Crippen molar-refractivity contribution < 1.29 is 4.79 Å². The molecule has 1 unspecified atom stereocenters. The van der Waals surface area contributed by atoms with Gasteiger partial charge in [-0.15, -0.1) is 0 Å². The van der Waals surface area contributed by atoms with Crippen LogP contribution in [0.15, 0.2) is 47.4 Å². The van der Waals surface area contributed by atoms with Crippen molar-refractivity contribution in [2.45, 2.75) is 12.3 Å². The molecule has 3 N–H and O–H groups in total. The highest BCUT2D eigenvalue weighted by Crippen LogP contribution is 2.38. The van der Waals surface area contributed by atoms with Gasteiger partial charge in [-0.1, -0.05) is 18.2 Å². The third kappa shape index (κ3) is 2.48. The minimum absolute atomic E-state index is 0.0989. The topological polar surface area (TPSA) is 79.2 Å². The number of carbonyl (C=O) groups is 1. The zero-order valence-electron chi connectivity index (χ0n) is 11.6. The Labute approximate surface area is 122 Å². The lowest BCUT2D eigenvalue weighted by molar-refractivity contribution is 0.0987. The Bertz CT molecular complexity index is 703. The summed E-state index contributed by atoms with van der Waals surface area (Å²) < 4.78 is 0. The molecule has 1 atom stereocenters. The summed E-state index contributed by atoms with van der Waals surface area (Å²) in [5.41, 5.74) is 8.05. The minimum atomic E-state index is -0.214. The number of rotatable bonds is 3. The summed E-state index contributed by atoms with van der Waals surface area (Å²) in [7, 11) is 0. The van der Waals surface area contributed by atoms with E-state index >= 15 is 0 Å². The molecule has 1 aromatic heterocycles. The monoisotopic (exact) mass is 283 g/mol. The first-order valence-electron chi connectivity index (χ1n) is 7.00. The normalized spacial score (nSPS) is 16.8. The van der Waals surface area contributed by atoms with E-state index in [4.69, 9.17) is 5.73 Å². The average Bonchev–Trinajstić information content (AvgIpc) is 2.87. The number of benzene rings is 1. The van der Waals surface area contributed by atoms with E-state index < -0.39 is 0 Å². The van der Waals surface area contributed by atoms with Crippen LogP contribution in [-0.4, -0.2) is 24.0 Å². The van der Waals surface area contributed by atoms with E-state index in [-0.39, 0.29) is 17.4 Å². The first kappa shape index (κ1) is 13.6. The smallest absolute Gasteiger partial charge is 0.259 e. The van der Waals surface area contributed by atoms with Crippen LogP contribution in [0, 0.1) is 0 Å². The standard InChI is InChI=1S/C16H17N3O2/c17-8-7-12-10-19(14-4-2-1-3-13(12)14)16(21)11-5-6-15(20)18-9-11/h1-6,9,12H,7-8,10,17H2,(H,18,20). The summed E-state index contributed by atoms with van der Waals surface area (Å²) in [6.07, 6.45) is 2.32. The lowest BCUT2D eigenvalue weighted by Crippen LogP contribution is -2.30. The number of hydrogen-bond acceptors (Lipinski definition) is 3. The quantitative estimate of drug-likeness (QED) is 0.895. The van der Waals surface area contributed by atoms with Gasteiger partial charge in [0.25, 0.3) is 5.91 Å². The molecule has 5 heteroatoms. The average molecular weight is 283 g/mol. The van der Waals surface area contributed by atoms with Gasteiger partial charge in [0.1, 0.15) is 0 Å². The molecule has 0 radical (unpaired) electrons. The fourth-order valence-corrected chi connectivity index (χ4v) is 2.84. The molecule has 5 nitrogen and oxygen atoms in total. The number of nitrogens with one attached hydrogen (secondary N) is 1. The molecule has 0 spiro atoms. The molecule has 1 aliphatic heterocycles. The van der Waals surface area contributed by atoms with Crippen molar-refractivity contribution in [1.29, 1.82) is 0 Å². The fourth-order valence-electron chi connectivity index (χ4n) is 2.84. The Hall–Kier alpha value is -2.40. The number of anilines is 1. The fraction of sp³-hybridized carbons (Fsp3) is 0.250. The second kappa shape index (κ2) is 5.54. The Morgan fingerprint density at radius 3 is 2.81 bits per heavy atom. The van der Waals surface area contributed by atoms with Gasteiger partial charge in [-0.3, -0.25) is 9.59 Å². The third-order valence-corrected chi connectivity index (χ3v) is 3.86. The van der Waals surface area contributed by atoms with E-state index in [1.807, 2.05) is 18.2 Å². The van der Waals surface area contributed by atoms with Gasteiger partial charge in [-0.05, 0) is 30.7 Å². The van der Waals surface area contributed by atoms with E-state index in [2.05, 4.69) is 11.1 Å². The maximum Gasteiger partial charge on any atom is 0.259 e. The number of aromatic amines is 1. The van der Waals surface area contributed by atoms with Crippen molar-refractivity contribution >= 4 is 11.6 Å². The lowest BCUT2D eigenvalue weighted by atomic mass is 9.98. The van der Waals surface area contributed by atoms with Crippen molar-refractivity contribution in [3.63, 3.8) is 0 Å². The number of hydrogen-bond donors (Lipinski definition) is 2. The highest BCUT2D eigenvalue weighted by atomic mass is 16.2. The van der Waals surface area contributed by atoms with Crippen LogP contribution in [0.25, 0.3) is 0 Å². The van der Waals surface area contributed by atoms with E-state index in [0.717, 1.165) is 12.1 Å². The largest absolute Gasteiger partial charge is 0.330 e. The molecule has 1 amide bonds. The Morgan fingerprint density at radius 1 is 1.29 bits per heavy atom. The number of pyridine rings is 1. The predicted molar refractivity (Wildman–Crippen MR) is 81.6 cm³/mol. The Kier molecular flexibility index (Phi) is 3.58. The molecule has 0 bridgehead atoms. The number of nitrogens with zero attached hydrogens (tertiary/aromatic N) is 1.